The summed E-state index contributed by atoms with van der Waals surface area (Å²) < 4.78 is 39.1. The highest BCUT2D eigenvalue weighted by Gasteiger charge is 2.31. The summed E-state index contributed by atoms with van der Waals surface area (Å²) in [6.07, 6.45) is -2.28. The van der Waals surface area contributed by atoms with Gasteiger partial charge >= 0.3 is 6.18 Å². The smallest absolute Gasteiger partial charge is 0.326 e. The van der Waals surface area contributed by atoms with Crippen LogP contribution in [0, 0.1) is 0 Å². The third-order valence-electron chi connectivity index (χ3n) is 4.95. The summed E-state index contributed by atoms with van der Waals surface area (Å²) in [6.45, 7) is 2.02. The fraction of sp³-hybridized carbons (Fsp3) is 0.231. The minimum Gasteiger partial charge on any atom is -0.326 e. The number of alkyl halides is 3. The highest BCUT2D eigenvalue weighted by Crippen LogP contribution is 2.37. The second kappa shape index (κ2) is 11.7. The monoisotopic (exact) mass is 486 g/mol. The van der Waals surface area contributed by atoms with Crippen LogP contribution in [0.2, 0.25) is 0 Å². The highest BCUT2D eigenvalue weighted by atomic mass is 32.2. The molecule has 34 heavy (non-hydrogen) atoms. The van der Waals surface area contributed by atoms with Gasteiger partial charge in [-0.05, 0) is 54.4 Å². The van der Waals surface area contributed by atoms with Crippen molar-refractivity contribution in [3.8, 4) is 0 Å². The number of rotatable bonds is 9. The number of anilines is 2. The maximum atomic E-state index is 13.1. The van der Waals surface area contributed by atoms with Crippen molar-refractivity contribution >= 4 is 35.0 Å². The molecule has 2 amide bonds. The van der Waals surface area contributed by atoms with Gasteiger partial charge in [-0.3, -0.25) is 9.59 Å². The van der Waals surface area contributed by atoms with Crippen LogP contribution >= 0.6 is 11.8 Å². The number of hydrogen-bond donors (Lipinski definition) is 2. The van der Waals surface area contributed by atoms with E-state index in [-0.39, 0.29) is 11.6 Å². The minimum absolute atomic E-state index is 0.0510. The van der Waals surface area contributed by atoms with E-state index < -0.39 is 22.9 Å². The average molecular weight is 487 g/mol. The van der Waals surface area contributed by atoms with E-state index in [4.69, 9.17) is 0 Å². The van der Waals surface area contributed by atoms with E-state index in [9.17, 15) is 22.8 Å². The van der Waals surface area contributed by atoms with Crippen LogP contribution in [-0.4, -0.2) is 11.8 Å². The van der Waals surface area contributed by atoms with Crippen molar-refractivity contribution in [2.75, 3.05) is 10.6 Å². The molecule has 0 saturated carbocycles. The van der Waals surface area contributed by atoms with Gasteiger partial charge in [0.2, 0.25) is 11.8 Å². The lowest BCUT2D eigenvalue weighted by Crippen LogP contribution is -2.19. The molecule has 0 bridgehead atoms. The molecule has 1 unspecified atom stereocenters. The summed E-state index contributed by atoms with van der Waals surface area (Å²) in [7, 11) is 0. The molecular formula is C26H25F3N2O2S. The van der Waals surface area contributed by atoms with Crippen LogP contribution in [0.1, 0.15) is 42.6 Å². The predicted octanol–water partition coefficient (Wildman–Crippen LogP) is 7.31. The maximum Gasteiger partial charge on any atom is 0.416 e. The van der Waals surface area contributed by atoms with E-state index in [1.165, 1.54) is 23.9 Å². The third-order valence-corrected chi connectivity index (χ3v) is 6.21. The van der Waals surface area contributed by atoms with Crippen molar-refractivity contribution in [1.29, 1.82) is 0 Å². The minimum atomic E-state index is -4.50. The third kappa shape index (κ3) is 7.38. The zero-order chi connectivity index (χ0) is 24.6. The molecule has 178 valence electrons. The van der Waals surface area contributed by atoms with Gasteiger partial charge in [-0.2, -0.15) is 13.2 Å². The molecule has 3 aromatic rings. The molecule has 0 aliphatic carbocycles. The molecule has 8 heteroatoms. The maximum absolute atomic E-state index is 13.1. The lowest BCUT2D eigenvalue weighted by molar-refractivity contribution is -0.137. The van der Waals surface area contributed by atoms with Gasteiger partial charge in [0.25, 0.3) is 0 Å². The number of unbranched alkanes of at least 4 members (excludes halogenated alkanes) is 1. The summed E-state index contributed by atoms with van der Waals surface area (Å²) in [6, 6.07) is 20.7. The topological polar surface area (TPSA) is 58.2 Å². The van der Waals surface area contributed by atoms with E-state index in [1.54, 1.807) is 48.5 Å². The second-order valence-corrected chi connectivity index (χ2v) is 8.83. The van der Waals surface area contributed by atoms with Crippen molar-refractivity contribution < 1.29 is 22.8 Å². The zero-order valence-electron chi connectivity index (χ0n) is 18.6. The molecule has 2 N–H and O–H groups in total. The molecule has 3 rings (SSSR count). The zero-order valence-corrected chi connectivity index (χ0v) is 19.4. The molecule has 0 fully saturated rings. The molecule has 0 aliphatic heterocycles. The average Bonchev–Trinajstić information content (AvgIpc) is 2.82. The van der Waals surface area contributed by atoms with Gasteiger partial charge in [0.05, 0.1) is 5.56 Å². The Hall–Kier alpha value is -3.26. The lowest BCUT2D eigenvalue weighted by atomic mass is 10.1. The Kier molecular flexibility index (Phi) is 8.76. The van der Waals surface area contributed by atoms with Crippen molar-refractivity contribution in [2.45, 2.75) is 42.5 Å². The molecular weight excluding hydrogens is 461 g/mol. The molecule has 0 aromatic heterocycles. The van der Waals surface area contributed by atoms with Gasteiger partial charge in [-0.1, -0.05) is 49.7 Å². The number of carbonyl (C=O) groups excluding carboxylic acids is 2. The first kappa shape index (κ1) is 25.4. The number of amides is 2. The quantitative estimate of drug-likeness (QED) is 0.312. The van der Waals surface area contributed by atoms with Crippen LogP contribution < -0.4 is 10.6 Å². The van der Waals surface area contributed by atoms with Gasteiger partial charge in [0, 0.05) is 22.7 Å². The summed E-state index contributed by atoms with van der Waals surface area (Å²) in [5.74, 6) is -0.489. The van der Waals surface area contributed by atoms with Crippen LogP contribution in [0.5, 0.6) is 0 Å². The van der Waals surface area contributed by atoms with Gasteiger partial charge in [-0.25, -0.2) is 0 Å². The van der Waals surface area contributed by atoms with Gasteiger partial charge in [0.15, 0.2) is 0 Å². The summed E-state index contributed by atoms with van der Waals surface area (Å²) in [4.78, 5) is 25.8. The van der Waals surface area contributed by atoms with Crippen molar-refractivity contribution in [3.05, 3.63) is 90.0 Å². The first-order valence-electron chi connectivity index (χ1n) is 10.9. The first-order chi connectivity index (χ1) is 16.3. The van der Waals surface area contributed by atoms with E-state index >= 15 is 0 Å². The Morgan fingerprint density at radius 3 is 2.24 bits per heavy atom. The predicted molar refractivity (Wildman–Crippen MR) is 130 cm³/mol. The van der Waals surface area contributed by atoms with E-state index in [0.717, 1.165) is 29.9 Å². The second-order valence-electron chi connectivity index (χ2n) is 7.65. The molecule has 0 saturated heterocycles. The summed E-state index contributed by atoms with van der Waals surface area (Å²) >= 11 is 1.27. The Morgan fingerprint density at radius 2 is 1.59 bits per heavy atom. The Morgan fingerprint density at radius 1 is 0.882 bits per heavy atom. The number of thioether (sulfide) groups is 1. The fourth-order valence-corrected chi connectivity index (χ4v) is 4.22. The summed E-state index contributed by atoms with van der Waals surface area (Å²) in [5.41, 5.74) is 0.626. The molecule has 1 atom stereocenters. The van der Waals surface area contributed by atoms with Gasteiger partial charge < -0.3 is 10.6 Å². The Bertz CT molecular complexity index is 1100. The van der Waals surface area contributed by atoms with Crippen LogP contribution in [0.3, 0.4) is 0 Å². The molecule has 3 aromatic carbocycles. The van der Waals surface area contributed by atoms with Crippen LogP contribution in [0.15, 0.2) is 83.8 Å². The van der Waals surface area contributed by atoms with Crippen LogP contribution in [0.4, 0.5) is 24.5 Å². The first-order valence-corrected chi connectivity index (χ1v) is 11.7. The molecule has 0 radical (unpaired) electrons. The van der Waals surface area contributed by atoms with E-state index in [0.29, 0.717) is 17.7 Å². The molecule has 0 spiro atoms. The molecule has 0 heterocycles. The largest absolute Gasteiger partial charge is 0.416 e. The number of nitrogens with one attached hydrogen (secondary N) is 2. The van der Waals surface area contributed by atoms with Crippen LogP contribution in [0.25, 0.3) is 0 Å². The van der Waals surface area contributed by atoms with Crippen molar-refractivity contribution in [3.63, 3.8) is 0 Å². The van der Waals surface area contributed by atoms with Gasteiger partial charge in [0.1, 0.15) is 5.25 Å². The highest BCUT2D eigenvalue weighted by molar-refractivity contribution is 8.00. The number of carbonyl (C=O) groups is 2. The van der Waals surface area contributed by atoms with Crippen molar-refractivity contribution in [2.24, 2.45) is 0 Å². The lowest BCUT2D eigenvalue weighted by Gasteiger charge is -2.18. The summed E-state index contributed by atoms with van der Waals surface area (Å²) in [5, 5.41) is 4.76. The van der Waals surface area contributed by atoms with E-state index in [2.05, 4.69) is 10.6 Å². The number of hydrogen-bond acceptors (Lipinski definition) is 3. The SMILES string of the molecule is CCCCC(=O)Nc1ccc(SC(C(=O)Nc2cccc(C(F)(F)F)c2)c2ccccc2)cc1. The Labute approximate surface area is 201 Å². The fourth-order valence-electron chi connectivity index (χ4n) is 3.20. The van der Waals surface area contributed by atoms with E-state index in [1.807, 2.05) is 13.0 Å². The van der Waals surface area contributed by atoms with Crippen LogP contribution in [-0.2, 0) is 15.8 Å². The number of halogens is 3. The van der Waals surface area contributed by atoms with Crippen molar-refractivity contribution in [1.82, 2.24) is 0 Å². The molecule has 0 aliphatic rings. The molecule has 4 nitrogen and oxygen atoms in total. The Balaban J connectivity index is 1.76. The van der Waals surface area contributed by atoms with Gasteiger partial charge in [-0.15, -0.1) is 11.8 Å². The standard InChI is InChI=1S/C26H25F3N2O2S/c1-2-3-12-23(32)30-20-13-15-22(16-14-20)34-24(18-8-5-4-6-9-18)25(33)31-21-11-7-10-19(17-21)26(27,28)29/h4-11,13-17,24H,2-3,12H2,1H3,(H,30,32)(H,31,33). The normalized spacial score (nSPS) is 12.1. The number of benzene rings is 3.